The van der Waals surface area contributed by atoms with Crippen molar-refractivity contribution in [3.05, 3.63) is 30.1 Å². The molecule has 4 nitrogen and oxygen atoms in total. The van der Waals surface area contributed by atoms with E-state index in [4.69, 9.17) is 14.2 Å². The molecule has 3 heterocycles. The number of nitrogens with zero attached hydrogens (tertiary/aromatic N) is 1. The smallest absolute Gasteiger partial charge is 0.165 e. The van der Waals surface area contributed by atoms with Gasteiger partial charge in [0.2, 0.25) is 0 Å². The molecule has 3 aliphatic rings. The summed E-state index contributed by atoms with van der Waals surface area (Å²) in [6, 6.07) is 7.19. The van der Waals surface area contributed by atoms with Crippen molar-refractivity contribution in [1.29, 1.82) is 0 Å². The molecule has 0 unspecified atom stereocenters. The number of para-hydroxylation sites is 1. The van der Waals surface area contributed by atoms with Crippen LogP contribution in [0.5, 0.6) is 5.75 Å². The predicted octanol–water partition coefficient (Wildman–Crippen LogP) is 2.62. The van der Waals surface area contributed by atoms with Gasteiger partial charge in [0.1, 0.15) is 6.10 Å². The second-order valence-corrected chi connectivity index (χ2v) is 6.91. The summed E-state index contributed by atoms with van der Waals surface area (Å²) < 4.78 is 31.0. The van der Waals surface area contributed by atoms with Gasteiger partial charge in [0.25, 0.3) is 0 Å². The zero-order valence-corrected chi connectivity index (χ0v) is 13.4. The fourth-order valence-corrected chi connectivity index (χ4v) is 3.97. The number of ether oxygens (including phenoxy) is 3. The van der Waals surface area contributed by atoms with Gasteiger partial charge in [-0.3, -0.25) is 4.90 Å². The van der Waals surface area contributed by atoms with Crippen LogP contribution >= 0.6 is 0 Å². The largest absolute Gasteiger partial charge is 0.485 e. The Balaban J connectivity index is 1.30. The molecule has 1 atom stereocenters. The highest BCUT2D eigenvalue weighted by atomic mass is 19.1. The second kappa shape index (κ2) is 6.38. The van der Waals surface area contributed by atoms with Gasteiger partial charge in [-0.15, -0.1) is 0 Å². The van der Waals surface area contributed by atoms with E-state index in [1.54, 1.807) is 12.1 Å². The van der Waals surface area contributed by atoms with Crippen LogP contribution in [0.4, 0.5) is 4.39 Å². The van der Waals surface area contributed by atoms with Crippen LogP contribution in [0.2, 0.25) is 0 Å². The van der Waals surface area contributed by atoms with Crippen LogP contribution in [0, 0.1) is 5.82 Å². The Kier molecular flexibility index (Phi) is 4.26. The van der Waals surface area contributed by atoms with Gasteiger partial charge in [0.05, 0.1) is 5.60 Å². The van der Waals surface area contributed by atoms with E-state index in [1.165, 1.54) is 6.07 Å². The molecule has 1 aromatic carbocycles. The van der Waals surface area contributed by atoms with Crippen LogP contribution in [0.3, 0.4) is 0 Å². The minimum atomic E-state index is -0.279. The van der Waals surface area contributed by atoms with E-state index in [0.717, 1.165) is 58.6 Å². The van der Waals surface area contributed by atoms with E-state index in [1.807, 2.05) is 6.07 Å². The lowest BCUT2D eigenvalue weighted by molar-refractivity contribution is -0.162. The molecule has 1 spiro atoms. The van der Waals surface area contributed by atoms with Crippen molar-refractivity contribution in [2.24, 2.45) is 0 Å². The maximum absolute atomic E-state index is 13.6. The Morgan fingerprint density at radius 2 is 1.91 bits per heavy atom. The molecule has 0 radical (unpaired) electrons. The van der Waals surface area contributed by atoms with Crippen LogP contribution < -0.4 is 4.74 Å². The van der Waals surface area contributed by atoms with Crippen LogP contribution in [-0.4, -0.2) is 55.6 Å². The van der Waals surface area contributed by atoms with E-state index in [-0.39, 0.29) is 17.5 Å². The van der Waals surface area contributed by atoms with Crippen molar-refractivity contribution in [1.82, 2.24) is 4.90 Å². The summed E-state index contributed by atoms with van der Waals surface area (Å²) in [5.74, 6) is 0.0863. The first kappa shape index (κ1) is 15.4. The monoisotopic (exact) mass is 321 g/mol. The molecule has 4 rings (SSSR count). The Labute approximate surface area is 136 Å². The third-order valence-corrected chi connectivity index (χ3v) is 5.39. The molecule has 0 amide bonds. The molecule has 1 aromatic rings. The minimum Gasteiger partial charge on any atom is -0.485 e. The van der Waals surface area contributed by atoms with Crippen LogP contribution in [0.15, 0.2) is 24.3 Å². The van der Waals surface area contributed by atoms with Gasteiger partial charge < -0.3 is 14.2 Å². The molecule has 0 aliphatic carbocycles. The molecule has 3 saturated heterocycles. The highest BCUT2D eigenvalue weighted by molar-refractivity contribution is 5.24. The van der Waals surface area contributed by atoms with Crippen LogP contribution in [0.1, 0.15) is 25.7 Å². The van der Waals surface area contributed by atoms with E-state index < -0.39 is 0 Å². The van der Waals surface area contributed by atoms with Crippen LogP contribution in [-0.2, 0) is 9.47 Å². The molecule has 126 valence electrons. The normalized spacial score (nSPS) is 28.5. The van der Waals surface area contributed by atoms with Crippen molar-refractivity contribution in [3.63, 3.8) is 0 Å². The molecule has 0 N–H and O–H groups in total. The Hall–Kier alpha value is -1.17. The fraction of sp³-hybridized carbons (Fsp3) is 0.667. The first-order valence-electron chi connectivity index (χ1n) is 8.61. The van der Waals surface area contributed by atoms with Crippen molar-refractivity contribution in [2.45, 2.75) is 43.4 Å². The van der Waals surface area contributed by atoms with Gasteiger partial charge in [0, 0.05) is 39.0 Å². The fourth-order valence-electron chi connectivity index (χ4n) is 3.97. The van der Waals surface area contributed by atoms with Crippen molar-refractivity contribution >= 4 is 0 Å². The number of benzene rings is 1. The molecular formula is C18H24FNO3. The molecule has 0 bridgehead atoms. The Morgan fingerprint density at radius 3 is 2.70 bits per heavy atom. The number of hydrogen-bond acceptors (Lipinski definition) is 4. The van der Waals surface area contributed by atoms with Gasteiger partial charge in [-0.25, -0.2) is 4.39 Å². The van der Waals surface area contributed by atoms with Crippen molar-refractivity contribution in [3.8, 4) is 5.75 Å². The van der Waals surface area contributed by atoms with Gasteiger partial charge in [-0.2, -0.15) is 0 Å². The zero-order valence-electron chi connectivity index (χ0n) is 13.4. The lowest BCUT2D eigenvalue weighted by Gasteiger charge is -2.50. The predicted molar refractivity (Wildman–Crippen MR) is 84.1 cm³/mol. The highest BCUT2D eigenvalue weighted by Gasteiger charge is 2.43. The lowest BCUT2D eigenvalue weighted by atomic mass is 9.82. The van der Waals surface area contributed by atoms with Crippen molar-refractivity contribution in [2.75, 3.05) is 32.9 Å². The average Bonchev–Trinajstić information content (AvgIpc) is 2.53. The summed E-state index contributed by atoms with van der Waals surface area (Å²) in [4.78, 5) is 2.46. The molecule has 3 aliphatic heterocycles. The number of likely N-dealkylation sites (tertiary alicyclic amines) is 1. The number of halogens is 1. The maximum atomic E-state index is 13.6. The second-order valence-electron chi connectivity index (χ2n) is 6.91. The number of hydrogen-bond donors (Lipinski definition) is 0. The van der Waals surface area contributed by atoms with E-state index >= 15 is 0 Å². The molecule has 0 saturated carbocycles. The standard InChI is InChI=1S/C18H24FNO3/c19-16-3-1-2-4-17(16)23-15-12-20(13-15)14-5-8-22-18(11-14)6-9-21-10-7-18/h1-4,14-15H,5-13H2/t14-/m1/s1. The van der Waals surface area contributed by atoms with Gasteiger partial charge in [-0.05, 0) is 37.8 Å². The molecule has 0 aromatic heterocycles. The first-order chi connectivity index (χ1) is 11.2. The van der Waals surface area contributed by atoms with Crippen molar-refractivity contribution < 1.29 is 18.6 Å². The summed E-state index contributed by atoms with van der Waals surface area (Å²) in [6.07, 6.45) is 4.27. The summed E-state index contributed by atoms with van der Waals surface area (Å²) >= 11 is 0. The zero-order chi connectivity index (χ0) is 15.7. The lowest BCUT2D eigenvalue weighted by Crippen LogP contribution is -2.61. The molecule has 23 heavy (non-hydrogen) atoms. The number of rotatable bonds is 3. The minimum absolute atomic E-state index is 0.0264. The van der Waals surface area contributed by atoms with Crippen LogP contribution in [0.25, 0.3) is 0 Å². The summed E-state index contributed by atoms with van der Waals surface area (Å²) in [6.45, 7) is 4.22. The summed E-state index contributed by atoms with van der Waals surface area (Å²) in [5.41, 5.74) is 0.0264. The Bertz CT molecular complexity index is 535. The summed E-state index contributed by atoms with van der Waals surface area (Å²) in [5, 5.41) is 0. The highest BCUT2D eigenvalue weighted by Crippen LogP contribution is 2.37. The van der Waals surface area contributed by atoms with Gasteiger partial charge in [0.15, 0.2) is 11.6 Å². The third kappa shape index (κ3) is 3.23. The first-order valence-corrected chi connectivity index (χ1v) is 8.61. The SMILES string of the molecule is Fc1ccccc1OC1CN([C@@H]2CCOC3(CCOCC3)C2)C1. The maximum Gasteiger partial charge on any atom is 0.165 e. The van der Waals surface area contributed by atoms with E-state index in [9.17, 15) is 4.39 Å². The average molecular weight is 321 g/mol. The molecule has 5 heteroatoms. The molecular weight excluding hydrogens is 297 g/mol. The van der Waals surface area contributed by atoms with E-state index in [0.29, 0.717) is 11.8 Å². The Morgan fingerprint density at radius 1 is 1.13 bits per heavy atom. The topological polar surface area (TPSA) is 30.9 Å². The molecule has 3 fully saturated rings. The quantitative estimate of drug-likeness (QED) is 0.856. The summed E-state index contributed by atoms with van der Waals surface area (Å²) in [7, 11) is 0. The third-order valence-electron chi connectivity index (χ3n) is 5.39. The van der Waals surface area contributed by atoms with Gasteiger partial charge in [-0.1, -0.05) is 12.1 Å². The van der Waals surface area contributed by atoms with Gasteiger partial charge >= 0.3 is 0 Å². The van der Waals surface area contributed by atoms with E-state index in [2.05, 4.69) is 4.90 Å².